The molecule has 1 aromatic carbocycles. The van der Waals surface area contributed by atoms with Gasteiger partial charge in [-0.3, -0.25) is 9.59 Å². The monoisotopic (exact) mass is 451 g/mol. The van der Waals surface area contributed by atoms with E-state index in [1.54, 1.807) is 9.80 Å². The predicted octanol–water partition coefficient (Wildman–Crippen LogP) is 1.57. The number of nitrogens with zero attached hydrogens (tertiary/aromatic N) is 2. The number of benzene rings is 1. The summed E-state index contributed by atoms with van der Waals surface area (Å²) in [6.07, 6.45) is 2.17. The quantitative estimate of drug-likeness (QED) is 0.680. The molecule has 1 aliphatic heterocycles. The van der Waals surface area contributed by atoms with E-state index < -0.39 is 21.9 Å². The van der Waals surface area contributed by atoms with Gasteiger partial charge < -0.3 is 9.80 Å². The first-order valence-corrected chi connectivity index (χ1v) is 11.9. The first-order valence-electron chi connectivity index (χ1n) is 8.66. The predicted molar refractivity (Wildman–Crippen MR) is 107 cm³/mol. The van der Waals surface area contributed by atoms with Gasteiger partial charge >= 0.3 is 0 Å². The van der Waals surface area contributed by atoms with Crippen LogP contribution in [0.3, 0.4) is 0 Å². The molecule has 2 rings (SSSR count). The summed E-state index contributed by atoms with van der Waals surface area (Å²) < 4.78 is 41.1. The van der Waals surface area contributed by atoms with E-state index in [-0.39, 0.29) is 21.7 Å². The van der Waals surface area contributed by atoms with Crippen molar-refractivity contribution in [1.82, 2.24) is 14.5 Å². The number of piperazine rings is 1. The minimum atomic E-state index is -4.06. The number of sulfonamides is 1. The second-order valence-corrected chi connectivity index (χ2v) is 9.47. The lowest BCUT2D eigenvalue weighted by Crippen LogP contribution is -2.55. The van der Waals surface area contributed by atoms with E-state index in [9.17, 15) is 22.4 Å². The maximum atomic E-state index is 13.3. The molecular formula is C17H23ClFN3O4S2. The van der Waals surface area contributed by atoms with Crippen LogP contribution in [0, 0.1) is 5.82 Å². The van der Waals surface area contributed by atoms with Crippen LogP contribution in [0.1, 0.15) is 13.3 Å². The Morgan fingerprint density at radius 1 is 1.25 bits per heavy atom. The minimum absolute atomic E-state index is 0.0556. The van der Waals surface area contributed by atoms with Gasteiger partial charge in [0.05, 0.1) is 9.92 Å². The number of hydrogen-bond acceptors (Lipinski definition) is 5. The smallest absolute Gasteiger partial charge is 0.241 e. The Morgan fingerprint density at radius 3 is 2.39 bits per heavy atom. The molecule has 0 aliphatic carbocycles. The van der Waals surface area contributed by atoms with E-state index in [1.807, 2.05) is 6.26 Å². The fourth-order valence-electron chi connectivity index (χ4n) is 2.83. The Morgan fingerprint density at radius 2 is 1.86 bits per heavy atom. The van der Waals surface area contributed by atoms with Crippen LogP contribution >= 0.6 is 23.4 Å². The molecular weight excluding hydrogens is 429 g/mol. The fraction of sp³-hybridized carbons (Fsp3) is 0.529. The van der Waals surface area contributed by atoms with Gasteiger partial charge in [0.15, 0.2) is 0 Å². The molecule has 0 unspecified atom stereocenters. The molecule has 0 radical (unpaired) electrons. The molecule has 1 saturated heterocycles. The maximum Gasteiger partial charge on any atom is 0.241 e. The third kappa shape index (κ3) is 5.82. The number of rotatable bonds is 7. The summed E-state index contributed by atoms with van der Waals surface area (Å²) in [5.41, 5.74) is 0. The largest absolute Gasteiger partial charge is 0.339 e. The minimum Gasteiger partial charge on any atom is -0.339 e. The third-order valence-electron chi connectivity index (χ3n) is 4.44. The summed E-state index contributed by atoms with van der Waals surface area (Å²) in [5.74, 6) is -0.538. The van der Waals surface area contributed by atoms with Crippen molar-refractivity contribution < 1.29 is 22.4 Å². The zero-order valence-electron chi connectivity index (χ0n) is 15.7. The molecule has 28 heavy (non-hydrogen) atoms. The molecule has 1 aromatic rings. The number of carbonyl (C=O) groups excluding carboxylic acids is 2. The van der Waals surface area contributed by atoms with Crippen LogP contribution in [-0.4, -0.2) is 74.3 Å². The van der Waals surface area contributed by atoms with Crippen molar-refractivity contribution in [1.29, 1.82) is 0 Å². The first kappa shape index (κ1) is 22.9. The van der Waals surface area contributed by atoms with Gasteiger partial charge in [-0.15, -0.1) is 0 Å². The Balaban J connectivity index is 2.15. The summed E-state index contributed by atoms with van der Waals surface area (Å²) >= 11 is 7.18. The maximum absolute atomic E-state index is 13.3. The highest BCUT2D eigenvalue weighted by Gasteiger charge is 2.31. The lowest BCUT2D eigenvalue weighted by atomic mass is 10.2. The van der Waals surface area contributed by atoms with Gasteiger partial charge in [0.1, 0.15) is 11.9 Å². The van der Waals surface area contributed by atoms with Gasteiger partial charge in [-0.1, -0.05) is 11.6 Å². The molecule has 7 nitrogen and oxygen atoms in total. The van der Waals surface area contributed by atoms with Crippen molar-refractivity contribution in [2.75, 3.05) is 38.2 Å². The number of hydrogen-bond donors (Lipinski definition) is 1. The zero-order valence-corrected chi connectivity index (χ0v) is 18.0. The summed E-state index contributed by atoms with van der Waals surface area (Å²) in [6.45, 7) is 2.99. The van der Waals surface area contributed by atoms with Gasteiger partial charge in [-0.05, 0) is 36.6 Å². The first-order chi connectivity index (χ1) is 13.2. The van der Waals surface area contributed by atoms with Gasteiger partial charge in [0.25, 0.3) is 0 Å². The SMILES string of the molecule is CSCC[C@@H](NS(=O)(=O)c1ccc(F)c(Cl)c1)C(=O)N1CCN(C(C)=O)CC1. The second-order valence-electron chi connectivity index (χ2n) is 6.36. The highest BCUT2D eigenvalue weighted by Crippen LogP contribution is 2.20. The molecule has 1 atom stereocenters. The van der Waals surface area contributed by atoms with E-state index >= 15 is 0 Å². The van der Waals surface area contributed by atoms with E-state index in [0.29, 0.717) is 38.4 Å². The number of nitrogens with one attached hydrogen (secondary N) is 1. The summed E-state index contributed by atoms with van der Waals surface area (Å²) in [6, 6.07) is 2.13. The van der Waals surface area contributed by atoms with Gasteiger partial charge in [0.2, 0.25) is 21.8 Å². The highest BCUT2D eigenvalue weighted by atomic mass is 35.5. The lowest BCUT2D eigenvalue weighted by Gasteiger charge is -2.36. The molecule has 0 saturated carbocycles. The average Bonchev–Trinajstić information content (AvgIpc) is 2.66. The normalized spacial score (nSPS) is 16.1. The van der Waals surface area contributed by atoms with Crippen LogP contribution < -0.4 is 4.72 Å². The summed E-state index contributed by atoms with van der Waals surface area (Å²) in [5, 5.41) is -0.310. The van der Waals surface area contributed by atoms with Crippen LogP contribution in [0.15, 0.2) is 23.1 Å². The van der Waals surface area contributed by atoms with E-state index in [1.165, 1.54) is 18.7 Å². The molecule has 0 bridgehead atoms. The van der Waals surface area contributed by atoms with Crippen LogP contribution in [0.2, 0.25) is 5.02 Å². The number of halogens is 2. The van der Waals surface area contributed by atoms with Gasteiger partial charge in [0, 0.05) is 33.1 Å². The van der Waals surface area contributed by atoms with Crippen molar-refractivity contribution in [2.24, 2.45) is 0 Å². The zero-order chi connectivity index (χ0) is 20.9. The molecule has 0 aromatic heterocycles. The molecule has 156 valence electrons. The van der Waals surface area contributed by atoms with Crippen LogP contribution in [-0.2, 0) is 19.6 Å². The van der Waals surface area contributed by atoms with Gasteiger partial charge in [-0.2, -0.15) is 16.5 Å². The Hall–Kier alpha value is -1.36. The van der Waals surface area contributed by atoms with Gasteiger partial charge in [-0.25, -0.2) is 12.8 Å². The fourth-order valence-corrected chi connectivity index (χ4v) is 4.80. The van der Waals surface area contributed by atoms with Crippen molar-refractivity contribution >= 4 is 45.2 Å². The van der Waals surface area contributed by atoms with Crippen molar-refractivity contribution in [2.45, 2.75) is 24.3 Å². The van der Waals surface area contributed by atoms with E-state index in [4.69, 9.17) is 11.6 Å². The number of thioether (sulfide) groups is 1. The number of amides is 2. The van der Waals surface area contributed by atoms with E-state index in [2.05, 4.69) is 4.72 Å². The molecule has 1 aliphatic rings. The molecule has 11 heteroatoms. The van der Waals surface area contributed by atoms with Crippen molar-refractivity contribution in [3.05, 3.63) is 29.0 Å². The molecule has 1 heterocycles. The number of carbonyl (C=O) groups is 2. The lowest BCUT2D eigenvalue weighted by molar-refractivity contribution is -0.139. The Kier molecular flexibility index (Phi) is 8.11. The molecule has 1 N–H and O–H groups in total. The highest BCUT2D eigenvalue weighted by molar-refractivity contribution is 7.98. The van der Waals surface area contributed by atoms with Crippen molar-refractivity contribution in [3.8, 4) is 0 Å². The van der Waals surface area contributed by atoms with Crippen LogP contribution in [0.5, 0.6) is 0 Å². The van der Waals surface area contributed by atoms with Crippen LogP contribution in [0.4, 0.5) is 4.39 Å². The summed E-state index contributed by atoms with van der Waals surface area (Å²) in [7, 11) is -4.06. The molecule has 2 amide bonds. The Bertz CT molecular complexity index is 830. The Labute approximate surface area is 173 Å². The average molecular weight is 452 g/mol. The van der Waals surface area contributed by atoms with E-state index in [0.717, 1.165) is 18.2 Å². The molecule has 1 fully saturated rings. The standard InChI is InChI=1S/C17H23ClFN3O4S2/c1-12(23)21-6-8-22(9-7-21)17(24)16(5-10-27-2)20-28(25,26)13-3-4-15(19)14(18)11-13/h3-4,11,16,20H,5-10H2,1-2H3/t16-/m1/s1. The molecule has 0 spiro atoms. The summed E-state index contributed by atoms with van der Waals surface area (Å²) in [4.78, 5) is 27.3. The van der Waals surface area contributed by atoms with Crippen LogP contribution in [0.25, 0.3) is 0 Å². The van der Waals surface area contributed by atoms with Crippen molar-refractivity contribution in [3.63, 3.8) is 0 Å². The topological polar surface area (TPSA) is 86.8 Å². The third-order valence-corrected chi connectivity index (χ3v) is 6.85. The second kappa shape index (κ2) is 9.91.